The Morgan fingerprint density at radius 2 is 1.87 bits per heavy atom. The molecular formula is C31H26FN3O4. The number of aromatic nitrogens is 1. The van der Waals surface area contributed by atoms with Crippen LogP contribution in [0.1, 0.15) is 43.1 Å². The Morgan fingerprint density at radius 3 is 2.67 bits per heavy atom. The van der Waals surface area contributed by atoms with Gasteiger partial charge in [-0.1, -0.05) is 24.3 Å². The molecular weight excluding hydrogens is 497 g/mol. The molecule has 2 N–H and O–H groups in total. The van der Waals surface area contributed by atoms with Crippen molar-refractivity contribution in [2.45, 2.75) is 19.9 Å². The molecule has 39 heavy (non-hydrogen) atoms. The quantitative estimate of drug-likeness (QED) is 0.301. The van der Waals surface area contributed by atoms with Gasteiger partial charge in [-0.3, -0.25) is 14.6 Å². The fraction of sp³-hybridized carbons (Fsp3) is 0.194. The number of rotatable bonds is 7. The van der Waals surface area contributed by atoms with Crippen molar-refractivity contribution in [1.82, 2.24) is 4.98 Å². The molecule has 0 bridgehead atoms. The number of ether oxygens (including phenoxy) is 2. The molecule has 1 aliphatic carbocycles. The summed E-state index contributed by atoms with van der Waals surface area (Å²) in [6.45, 7) is 3.23. The zero-order chi connectivity index (χ0) is 27.3. The second kappa shape index (κ2) is 9.63. The second-order valence-electron chi connectivity index (χ2n) is 9.72. The fourth-order valence-corrected chi connectivity index (χ4v) is 5.61. The van der Waals surface area contributed by atoms with Gasteiger partial charge in [-0.25, -0.2) is 4.39 Å². The molecule has 0 saturated carbocycles. The van der Waals surface area contributed by atoms with Gasteiger partial charge in [0.1, 0.15) is 23.9 Å². The molecule has 2 heterocycles. The average molecular weight is 524 g/mol. The number of amides is 2. The number of halogens is 1. The normalized spacial score (nSPS) is 13.3. The summed E-state index contributed by atoms with van der Waals surface area (Å²) in [6.07, 6.45) is 2.18. The van der Waals surface area contributed by atoms with Crippen molar-refractivity contribution in [3.05, 3.63) is 100 Å². The van der Waals surface area contributed by atoms with Gasteiger partial charge < -0.3 is 20.1 Å². The summed E-state index contributed by atoms with van der Waals surface area (Å²) in [5.74, 6) is -0.532. The zero-order valence-electron chi connectivity index (χ0n) is 21.6. The standard InChI is InChI=1S/C31H26FN3O4/c1-17-22(4-3-5-27(17)35-16-18-6-7-20(32)14-24(18)31(35)37)26-15-34-29(30(33)36)25-13-19-12-21(39-11-10-38-2)8-9-23(19)28(25)26/h3-9,12,14-15H,10-11,13,16H2,1-2H3,(H2,33,36). The molecule has 0 spiro atoms. The lowest BCUT2D eigenvalue weighted by Crippen LogP contribution is -2.24. The lowest BCUT2D eigenvalue weighted by molar-refractivity contribution is 0.0987. The summed E-state index contributed by atoms with van der Waals surface area (Å²) < 4.78 is 24.7. The van der Waals surface area contributed by atoms with E-state index in [1.807, 2.05) is 43.3 Å². The van der Waals surface area contributed by atoms with Crippen LogP contribution in [0, 0.1) is 12.7 Å². The minimum absolute atomic E-state index is 0.233. The third-order valence-corrected chi connectivity index (χ3v) is 7.44. The van der Waals surface area contributed by atoms with Crippen LogP contribution in [0.15, 0.2) is 60.8 Å². The van der Waals surface area contributed by atoms with Crippen LogP contribution in [0.2, 0.25) is 0 Å². The molecule has 2 amide bonds. The van der Waals surface area contributed by atoms with Crippen molar-refractivity contribution in [1.29, 1.82) is 0 Å². The van der Waals surface area contributed by atoms with Crippen LogP contribution in [-0.2, 0) is 17.7 Å². The van der Waals surface area contributed by atoms with Gasteiger partial charge in [-0.15, -0.1) is 0 Å². The van der Waals surface area contributed by atoms with Crippen molar-refractivity contribution in [3.63, 3.8) is 0 Å². The van der Waals surface area contributed by atoms with Crippen molar-refractivity contribution >= 4 is 17.5 Å². The van der Waals surface area contributed by atoms with Crippen LogP contribution in [0.5, 0.6) is 5.75 Å². The zero-order valence-corrected chi connectivity index (χ0v) is 21.6. The van der Waals surface area contributed by atoms with Crippen molar-refractivity contribution < 1.29 is 23.5 Å². The highest BCUT2D eigenvalue weighted by Gasteiger charge is 2.32. The maximum absolute atomic E-state index is 13.8. The Bertz CT molecular complexity index is 1670. The summed E-state index contributed by atoms with van der Waals surface area (Å²) in [5.41, 5.74) is 14.1. The summed E-state index contributed by atoms with van der Waals surface area (Å²) in [7, 11) is 1.62. The van der Waals surface area contributed by atoms with Gasteiger partial charge in [0, 0.05) is 36.5 Å². The number of benzene rings is 3. The predicted molar refractivity (Wildman–Crippen MR) is 145 cm³/mol. The van der Waals surface area contributed by atoms with E-state index in [9.17, 15) is 14.0 Å². The first-order valence-electron chi connectivity index (χ1n) is 12.6. The Morgan fingerprint density at radius 1 is 1.03 bits per heavy atom. The van der Waals surface area contributed by atoms with Crippen LogP contribution >= 0.6 is 0 Å². The SMILES string of the molecule is COCCOc1ccc2c(c1)Cc1c(C(N)=O)ncc(-c3cccc(N4Cc5ccc(F)cc5C4=O)c3C)c1-2. The van der Waals surface area contributed by atoms with Gasteiger partial charge in [0.2, 0.25) is 0 Å². The number of carbonyl (C=O) groups is 2. The maximum atomic E-state index is 13.8. The van der Waals surface area contributed by atoms with Crippen LogP contribution in [0.25, 0.3) is 22.3 Å². The van der Waals surface area contributed by atoms with Crippen LogP contribution < -0.4 is 15.4 Å². The minimum atomic E-state index is -0.583. The Kier molecular flexibility index (Phi) is 6.12. The largest absolute Gasteiger partial charge is 0.491 e. The second-order valence-corrected chi connectivity index (χ2v) is 9.72. The smallest absolute Gasteiger partial charge is 0.267 e. The first-order chi connectivity index (χ1) is 18.9. The number of primary amides is 1. The molecule has 196 valence electrons. The Hall–Kier alpha value is -4.56. The summed E-state index contributed by atoms with van der Waals surface area (Å²) in [5, 5.41) is 0. The minimum Gasteiger partial charge on any atom is -0.491 e. The van der Waals surface area contributed by atoms with E-state index >= 15 is 0 Å². The van der Waals surface area contributed by atoms with Gasteiger partial charge in [-0.05, 0) is 76.2 Å². The van der Waals surface area contributed by atoms with Gasteiger partial charge in [-0.2, -0.15) is 0 Å². The summed E-state index contributed by atoms with van der Waals surface area (Å²) in [6, 6.07) is 16.0. The van der Waals surface area contributed by atoms with Gasteiger partial charge in [0.15, 0.2) is 0 Å². The van der Waals surface area contributed by atoms with Gasteiger partial charge in [0.25, 0.3) is 11.8 Å². The third-order valence-electron chi connectivity index (χ3n) is 7.44. The van der Waals surface area contributed by atoms with Crippen LogP contribution in [0.3, 0.4) is 0 Å². The number of anilines is 1. The fourth-order valence-electron chi connectivity index (χ4n) is 5.61. The highest BCUT2D eigenvalue weighted by molar-refractivity contribution is 6.11. The molecule has 4 aromatic rings. The van der Waals surface area contributed by atoms with E-state index in [-0.39, 0.29) is 11.6 Å². The Labute approximate surface area is 225 Å². The van der Waals surface area contributed by atoms with Crippen LogP contribution in [-0.4, -0.2) is 37.1 Å². The number of pyridine rings is 1. The van der Waals surface area contributed by atoms with Gasteiger partial charge >= 0.3 is 0 Å². The number of fused-ring (bicyclic) bond motifs is 4. The highest BCUT2D eigenvalue weighted by Crippen LogP contribution is 2.46. The molecule has 3 aromatic carbocycles. The molecule has 6 rings (SSSR count). The topological polar surface area (TPSA) is 94.8 Å². The van der Waals surface area contributed by atoms with E-state index in [0.717, 1.165) is 55.9 Å². The van der Waals surface area contributed by atoms with Crippen LogP contribution in [0.4, 0.5) is 10.1 Å². The number of methoxy groups -OCH3 is 1. The maximum Gasteiger partial charge on any atom is 0.267 e. The first kappa shape index (κ1) is 24.8. The molecule has 1 aliphatic heterocycles. The van der Waals surface area contributed by atoms with E-state index in [0.29, 0.717) is 31.7 Å². The summed E-state index contributed by atoms with van der Waals surface area (Å²) in [4.78, 5) is 31.7. The molecule has 0 unspecified atom stereocenters. The average Bonchev–Trinajstić information content (AvgIpc) is 3.46. The molecule has 2 aliphatic rings. The number of carbonyl (C=O) groups excluding carboxylic acids is 2. The molecule has 0 fully saturated rings. The molecule has 0 atom stereocenters. The first-order valence-corrected chi connectivity index (χ1v) is 12.6. The summed E-state index contributed by atoms with van der Waals surface area (Å²) >= 11 is 0. The molecule has 0 saturated heterocycles. The number of hydrogen-bond donors (Lipinski definition) is 1. The third kappa shape index (κ3) is 4.13. The number of nitrogens with two attached hydrogens (primary N) is 1. The van der Waals surface area contributed by atoms with E-state index in [1.54, 1.807) is 24.3 Å². The highest BCUT2D eigenvalue weighted by atomic mass is 19.1. The molecule has 1 aromatic heterocycles. The molecule has 0 radical (unpaired) electrons. The van der Waals surface area contributed by atoms with Gasteiger partial charge in [0.05, 0.1) is 13.2 Å². The molecule has 8 heteroatoms. The monoisotopic (exact) mass is 523 g/mol. The van der Waals surface area contributed by atoms with Crippen molar-refractivity contribution in [2.24, 2.45) is 5.73 Å². The number of nitrogens with zero attached hydrogens (tertiary/aromatic N) is 2. The molecule has 7 nitrogen and oxygen atoms in total. The van der Waals surface area contributed by atoms with E-state index in [2.05, 4.69) is 4.98 Å². The Balaban J connectivity index is 1.44. The van der Waals surface area contributed by atoms with E-state index < -0.39 is 11.7 Å². The lowest BCUT2D eigenvalue weighted by Gasteiger charge is -2.22. The number of hydrogen-bond acceptors (Lipinski definition) is 5. The lowest BCUT2D eigenvalue weighted by atomic mass is 9.91. The van der Waals surface area contributed by atoms with E-state index in [4.69, 9.17) is 15.2 Å². The van der Waals surface area contributed by atoms with E-state index in [1.165, 1.54) is 12.1 Å². The predicted octanol–water partition coefficient (Wildman–Crippen LogP) is 5.05. The van der Waals surface area contributed by atoms with Crippen molar-refractivity contribution in [2.75, 3.05) is 25.2 Å². The van der Waals surface area contributed by atoms with Crippen molar-refractivity contribution in [3.8, 4) is 28.0 Å².